The highest BCUT2D eigenvalue weighted by Crippen LogP contribution is 2.26. The SMILES string of the molecule is CCCn1cnnc1CNC(=O)[C@H]1COc2ccccc2C1. The molecule has 1 N–H and O–H groups in total. The topological polar surface area (TPSA) is 69.0 Å². The van der Waals surface area contributed by atoms with Gasteiger partial charge < -0.3 is 14.6 Å². The molecule has 0 aliphatic carbocycles. The third kappa shape index (κ3) is 3.10. The smallest absolute Gasteiger partial charge is 0.227 e. The minimum absolute atomic E-state index is 0.000511. The maximum atomic E-state index is 12.3. The molecule has 0 spiro atoms. The first kappa shape index (κ1) is 14.6. The summed E-state index contributed by atoms with van der Waals surface area (Å²) in [5.41, 5.74) is 1.09. The summed E-state index contributed by atoms with van der Waals surface area (Å²) in [4.78, 5) is 12.3. The molecular formula is C16H20N4O2. The fourth-order valence-electron chi connectivity index (χ4n) is 2.65. The zero-order valence-corrected chi connectivity index (χ0v) is 12.7. The number of nitrogens with zero attached hydrogens (tertiary/aromatic N) is 3. The lowest BCUT2D eigenvalue weighted by Crippen LogP contribution is -2.37. The van der Waals surface area contributed by atoms with Gasteiger partial charge in [-0.05, 0) is 24.5 Å². The molecule has 2 heterocycles. The second-order valence-corrected chi connectivity index (χ2v) is 5.48. The fourth-order valence-corrected chi connectivity index (χ4v) is 2.65. The number of fused-ring (bicyclic) bond motifs is 1. The molecule has 1 atom stereocenters. The van der Waals surface area contributed by atoms with E-state index in [1.165, 1.54) is 0 Å². The van der Waals surface area contributed by atoms with Gasteiger partial charge in [-0.25, -0.2) is 0 Å². The van der Waals surface area contributed by atoms with Crippen LogP contribution in [-0.4, -0.2) is 27.3 Å². The third-order valence-electron chi connectivity index (χ3n) is 3.83. The van der Waals surface area contributed by atoms with E-state index in [0.717, 1.165) is 30.1 Å². The molecule has 0 bridgehead atoms. The number of benzene rings is 1. The number of hydrogen-bond donors (Lipinski definition) is 1. The Balaban J connectivity index is 1.58. The van der Waals surface area contributed by atoms with Crippen LogP contribution in [0.5, 0.6) is 5.75 Å². The summed E-state index contributed by atoms with van der Waals surface area (Å²) in [6, 6.07) is 7.86. The van der Waals surface area contributed by atoms with Crippen molar-refractivity contribution in [3.05, 3.63) is 42.0 Å². The predicted molar refractivity (Wildman–Crippen MR) is 81.3 cm³/mol. The normalized spacial score (nSPS) is 16.7. The number of hydrogen-bond acceptors (Lipinski definition) is 4. The number of rotatable bonds is 5. The van der Waals surface area contributed by atoms with E-state index in [1.807, 2.05) is 28.8 Å². The molecule has 6 heteroatoms. The molecule has 116 valence electrons. The summed E-state index contributed by atoms with van der Waals surface area (Å²) >= 11 is 0. The standard InChI is InChI=1S/C16H20N4O2/c1-2-7-20-11-18-19-15(20)9-17-16(21)13-8-12-5-3-4-6-14(12)22-10-13/h3-6,11,13H,2,7-10H2,1H3,(H,17,21)/t13-/m1/s1. The fraction of sp³-hybridized carbons (Fsp3) is 0.438. The van der Waals surface area contributed by atoms with Gasteiger partial charge in [0.15, 0.2) is 5.82 Å². The first-order valence-corrected chi connectivity index (χ1v) is 7.63. The van der Waals surface area contributed by atoms with Crippen molar-refractivity contribution < 1.29 is 9.53 Å². The number of carbonyl (C=O) groups is 1. The lowest BCUT2D eigenvalue weighted by atomic mass is 9.96. The van der Waals surface area contributed by atoms with Crippen LogP contribution in [0.15, 0.2) is 30.6 Å². The minimum Gasteiger partial charge on any atom is -0.492 e. The molecule has 3 rings (SSSR count). The van der Waals surface area contributed by atoms with Crippen LogP contribution in [0.2, 0.25) is 0 Å². The monoisotopic (exact) mass is 300 g/mol. The first-order valence-electron chi connectivity index (χ1n) is 7.63. The number of para-hydroxylation sites is 1. The number of carbonyl (C=O) groups excluding carboxylic acids is 1. The van der Waals surface area contributed by atoms with Crippen LogP contribution in [0.1, 0.15) is 24.7 Å². The Bertz CT molecular complexity index is 653. The molecule has 1 aliphatic heterocycles. The van der Waals surface area contributed by atoms with Crippen LogP contribution in [-0.2, 0) is 24.3 Å². The highest BCUT2D eigenvalue weighted by Gasteiger charge is 2.25. The van der Waals surface area contributed by atoms with Crippen molar-refractivity contribution >= 4 is 5.91 Å². The summed E-state index contributed by atoms with van der Waals surface area (Å²) in [6.07, 6.45) is 3.42. The molecule has 2 aromatic rings. The Hall–Kier alpha value is -2.37. The van der Waals surface area contributed by atoms with E-state index in [4.69, 9.17) is 4.74 Å². The van der Waals surface area contributed by atoms with Crippen molar-refractivity contribution in [1.29, 1.82) is 0 Å². The van der Waals surface area contributed by atoms with Crippen LogP contribution < -0.4 is 10.1 Å². The first-order chi connectivity index (χ1) is 10.8. The van der Waals surface area contributed by atoms with Gasteiger partial charge in [0.1, 0.15) is 18.7 Å². The summed E-state index contributed by atoms with van der Waals surface area (Å²) in [5, 5.41) is 10.9. The van der Waals surface area contributed by atoms with Crippen LogP contribution >= 0.6 is 0 Å². The van der Waals surface area contributed by atoms with Gasteiger partial charge in [0.25, 0.3) is 0 Å². The molecule has 6 nitrogen and oxygen atoms in total. The van der Waals surface area contributed by atoms with Crippen molar-refractivity contribution in [2.24, 2.45) is 5.92 Å². The number of amides is 1. The van der Waals surface area contributed by atoms with E-state index >= 15 is 0 Å². The van der Waals surface area contributed by atoms with E-state index < -0.39 is 0 Å². The molecule has 1 aromatic carbocycles. The largest absolute Gasteiger partial charge is 0.492 e. The number of nitrogens with one attached hydrogen (secondary N) is 1. The maximum Gasteiger partial charge on any atom is 0.227 e. The quantitative estimate of drug-likeness (QED) is 0.909. The molecule has 1 aromatic heterocycles. The van der Waals surface area contributed by atoms with E-state index in [0.29, 0.717) is 19.6 Å². The van der Waals surface area contributed by atoms with Crippen molar-refractivity contribution in [2.45, 2.75) is 32.9 Å². The van der Waals surface area contributed by atoms with Crippen LogP contribution in [0.25, 0.3) is 0 Å². The molecule has 0 saturated heterocycles. The van der Waals surface area contributed by atoms with Crippen molar-refractivity contribution in [1.82, 2.24) is 20.1 Å². The summed E-state index contributed by atoms with van der Waals surface area (Å²) in [6.45, 7) is 3.78. The number of aryl methyl sites for hydroxylation is 1. The zero-order chi connectivity index (χ0) is 15.4. The highest BCUT2D eigenvalue weighted by atomic mass is 16.5. The Labute approximate surface area is 129 Å². The molecule has 22 heavy (non-hydrogen) atoms. The second kappa shape index (κ2) is 6.60. The summed E-state index contributed by atoms with van der Waals surface area (Å²) in [7, 11) is 0. The van der Waals surface area contributed by atoms with E-state index in [2.05, 4.69) is 22.4 Å². The number of ether oxygens (including phenoxy) is 1. The van der Waals surface area contributed by atoms with Gasteiger partial charge in [-0.15, -0.1) is 10.2 Å². The summed E-state index contributed by atoms with van der Waals surface area (Å²) in [5.74, 6) is 1.51. The molecule has 0 radical (unpaired) electrons. The molecule has 0 saturated carbocycles. The Morgan fingerprint density at radius 3 is 3.18 bits per heavy atom. The summed E-state index contributed by atoms with van der Waals surface area (Å²) < 4.78 is 7.63. The Morgan fingerprint density at radius 1 is 1.45 bits per heavy atom. The van der Waals surface area contributed by atoms with Gasteiger partial charge in [-0.3, -0.25) is 4.79 Å². The highest BCUT2D eigenvalue weighted by molar-refractivity contribution is 5.79. The van der Waals surface area contributed by atoms with Gasteiger partial charge in [-0.2, -0.15) is 0 Å². The molecule has 1 amide bonds. The zero-order valence-electron chi connectivity index (χ0n) is 12.7. The minimum atomic E-state index is -0.155. The lowest BCUT2D eigenvalue weighted by Gasteiger charge is -2.24. The molecule has 0 fully saturated rings. The van der Waals surface area contributed by atoms with Gasteiger partial charge >= 0.3 is 0 Å². The van der Waals surface area contributed by atoms with Gasteiger partial charge in [0.05, 0.1) is 12.5 Å². The molecular weight excluding hydrogens is 280 g/mol. The van der Waals surface area contributed by atoms with Gasteiger partial charge in [0, 0.05) is 6.54 Å². The van der Waals surface area contributed by atoms with Gasteiger partial charge in [-0.1, -0.05) is 25.1 Å². The lowest BCUT2D eigenvalue weighted by molar-refractivity contribution is -0.126. The van der Waals surface area contributed by atoms with E-state index in [-0.39, 0.29) is 11.8 Å². The molecule has 0 unspecified atom stereocenters. The number of aromatic nitrogens is 3. The Morgan fingerprint density at radius 2 is 2.32 bits per heavy atom. The predicted octanol–water partition coefficient (Wildman–Crippen LogP) is 1.56. The van der Waals surface area contributed by atoms with Crippen LogP contribution in [0, 0.1) is 5.92 Å². The second-order valence-electron chi connectivity index (χ2n) is 5.48. The van der Waals surface area contributed by atoms with Crippen molar-refractivity contribution in [2.75, 3.05) is 6.61 Å². The van der Waals surface area contributed by atoms with Crippen LogP contribution in [0.4, 0.5) is 0 Å². The Kier molecular flexibility index (Phi) is 4.37. The average molecular weight is 300 g/mol. The van der Waals surface area contributed by atoms with Crippen molar-refractivity contribution in [3.8, 4) is 5.75 Å². The maximum absolute atomic E-state index is 12.3. The van der Waals surface area contributed by atoms with Crippen molar-refractivity contribution in [3.63, 3.8) is 0 Å². The van der Waals surface area contributed by atoms with E-state index in [1.54, 1.807) is 6.33 Å². The van der Waals surface area contributed by atoms with E-state index in [9.17, 15) is 4.79 Å². The average Bonchev–Trinajstić information content (AvgIpc) is 3.00. The van der Waals surface area contributed by atoms with Gasteiger partial charge in [0.2, 0.25) is 5.91 Å². The van der Waals surface area contributed by atoms with Crippen LogP contribution in [0.3, 0.4) is 0 Å². The molecule has 1 aliphatic rings. The third-order valence-corrected chi connectivity index (χ3v) is 3.83.